The molecule has 1 atom stereocenters. The van der Waals surface area contributed by atoms with E-state index in [0.29, 0.717) is 0 Å². The lowest BCUT2D eigenvalue weighted by Crippen LogP contribution is -2.15. The van der Waals surface area contributed by atoms with E-state index in [-0.39, 0.29) is 6.04 Å². The van der Waals surface area contributed by atoms with Crippen molar-refractivity contribution in [3.05, 3.63) is 0 Å². The van der Waals surface area contributed by atoms with Crippen LogP contribution in [-0.2, 0) is 4.57 Å². The molecule has 0 heterocycles. The Bertz CT molecular complexity index is 176. The average Bonchev–Trinajstić information content (AvgIpc) is 1.85. The van der Waals surface area contributed by atoms with Gasteiger partial charge in [0.25, 0.3) is 0 Å². The highest BCUT2D eigenvalue weighted by Gasteiger charge is 2.00. The molecule has 0 aromatic heterocycles. The molecule has 0 amide bonds. The molecule has 0 bridgehead atoms. The summed E-state index contributed by atoms with van der Waals surface area (Å²) in [6.07, 6.45) is 1.81. The van der Waals surface area contributed by atoms with Crippen molar-refractivity contribution in [3.63, 3.8) is 0 Å². The predicted octanol–water partition coefficient (Wildman–Crippen LogP) is -0.291. The van der Waals surface area contributed by atoms with Gasteiger partial charge in [0, 0.05) is 0 Å². The first-order chi connectivity index (χ1) is 5.31. The second kappa shape index (κ2) is 7.22. The van der Waals surface area contributed by atoms with Crippen molar-refractivity contribution < 1.29 is 19.2 Å². The van der Waals surface area contributed by atoms with E-state index >= 15 is 0 Å². The van der Waals surface area contributed by atoms with Gasteiger partial charge in [-0.05, 0) is 6.42 Å². The SMILES string of the molecule is CCCC(N)C#N.O=P(O)(O)O. The summed E-state index contributed by atoms with van der Waals surface area (Å²) < 4.78 is 8.88. The van der Waals surface area contributed by atoms with Gasteiger partial charge in [0.15, 0.2) is 0 Å². The van der Waals surface area contributed by atoms with E-state index in [4.69, 9.17) is 30.2 Å². The van der Waals surface area contributed by atoms with Gasteiger partial charge in [0.1, 0.15) is 0 Å². The summed E-state index contributed by atoms with van der Waals surface area (Å²) in [5.41, 5.74) is 5.22. The molecule has 0 aromatic rings. The lowest BCUT2D eigenvalue weighted by atomic mass is 10.2. The van der Waals surface area contributed by atoms with Crippen molar-refractivity contribution in [1.29, 1.82) is 5.26 Å². The zero-order valence-electron chi connectivity index (χ0n) is 6.71. The van der Waals surface area contributed by atoms with Crippen molar-refractivity contribution in [2.75, 3.05) is 0 Å². The van der Waals surface area contributed by atoms with Crippen molar-refractivity contribution in [2.45, 2.75) is 25.8 Å². The minimum atomic E-state index is -4.64. The maximum atomic E-state index is 8.88. The molecule has 1 unspecified atom stereocenters. The number of hydrogen-bond donors (Lipinski definition) is 4. The lowest BCUT2D eigenvalue weighted by Gasteiger charge is -1.93. The van der Waals surface area contributed by atoms with Crippen LogP contribution in [0.4, 0.5) is 0 Å². The van der Waals surface area contributed by atoms with Gasteiger partial charge < -0.3 is 20.4 Å². The number of nitrogens with two attached hydrogens (primary N) is 1. The van der Waals surface area contributed by atoms with Crippen LogP contribution in [0.1, 0.15) is 19.8 Å². The van der Waals surface area contributed by atoms with Crippen LogP contribution >= 0.6 is 7.82 Å². The molecule has 0 aliphatic heterocycles. The number of nitrogens with zero attached hydrogens (tertiary/aromatic N) is 1. The zero-order chi connectivity index (χ0) is 10.2. The van der Waals surface area contributed by atoms with Crippen LogP contribution in [0.3, 0.4) is 0 Å². The van der Waals surface area contributed by atoms with Crippen LogP contribution < -0.4 is 5.73 Å². The zero-order valence-corrected chi connectivity index (χ0v) is 7.61. The Balaban J connectivity index is 0. The molecule has 0 saturated heterocycles. The molecule has 0 spiro atoms. The highest BCUT2D eigenvalue weighted by atomic mass is 31.2. The fraction of sp³-hybridized carbons (Fsp3) is 0.800. The lowest BCUT2D eigenvalue weighted by molar-refractivity contribution is 0.275. The van der Waals surface area contributed by atoms with Crippen molar-refractivity contribution in [2.24, 2.45) is 5.73 Å². The molecule has 5 N–H and O–H groups in total. The predicted molar refractivity (Wildman–Crippen MR) is 42.8 cm³/mol. The summed E-state index contributed by atoms with van der Waals surface area (Å²) in [5.74, 6) is 0. The molecule has 72 valence electrons. The van der Waals surface area contributed by atoms with Crippen LogP contribution in [0, 0.1) is 11.3 Å². The number of rotatable bonds is 2. The Kier molecular flexibility index (Phi) is 8.49. The molecule has 6 nitrogen and oxygen atoms in total. The van der Waals surface area contributed by atoms with Crippen LogP contribution in [0.15, 0.2) is 0 Å². The van der Waals surface area contributed by atoms with Gasteiger partial charge in [-0.15, -0.1) is 0 Å². The van der Waals surface area contributed by atoms with E-state index in [2.05, 4.69) is 0 Å². The smallest absolute Gasteiger partial charge is 0.316 e. The third-order valence-corrected chi connectivity index (χ3v) is 0.766. The highest BCUT2D eigenvalue weighted by Crippen LogP contribution is 2.25. The van der Waals surface area contributed by atoms with Gasteiger partial charge in [0.2, 0.25) is 0 Å². The Morgan fingerprint density at radius 2 is 1.92 bits per heavy atom. The summed E-state index contributed by atoms with van der Waals surface area (Å²) >= 11 is 0. The van der Waals surface area contributed by atoms with Crippen LogP contribution in [0.5, 0.6) is 0 Å². The highest BCUT2D eigenvalue weighted by molar-refractivity contribution is 7.45. The fourth-order valence-corrected chi connectivity index (χ4v) is 0.376. The van der Waals surface area contributed by atoms with E-state index < -0.39 is 7.82 Å². The summed E-state index contributed by atoms with van der Waals surface area (Å²) in [6, 6.07) is 1.70. The first kappa shape index (κ1) is 14.1. The monoisotopic (exact) mass is 196 g/mol. The number of nitriles is 1. The van der Waals surface area contributed by atoms with Gasteiger partial charge in [-0.1, -0.05) is 13.3 Å². The quantitative estimate of drug-likeness (QED) is 0.449. The van der Waals surface area contributed by atoms with Crippen LogP contribution in [0.2, 0.25) is 0 Å². The summed E-state index contributed by atoms with van der Waals surface area (Å²) in [6.45, 7) is 2.01. The van der Waals surface area contributed by atoms with Crippen molar-refractivity contribution >= 4 is 7.82 Å². The van der Waals surface area contributed by atoms with Crippen molar-refractivity contribution in [1.82, 2.24) is 0 Å². The van der Waals surface area contributed by atoms with Gasteiger partial charge in [-0.3, -0.25) is 0 Å². The molecule has 0 aliphatic rings. The summed E-state index contributed by atoms with van der Waals surface area (Å²) in [7, 11) is -4.64. The first-order valence-electron chi connectivity index (χ1n) is 3.24. The van der Waals surface area contributed by atoms with E-state index in [1.807, 2.05) is 13.0 Å². The van der Waals surface area contributed by atoms with Gasteiger partial charge >= 0.3 is 7.82 Å². The fourth-order valence-electron chi connectivity index (χ4n) is 0.376. The third kappa shape index (κ3) is 33.7. The largest absolute Gasteiger partial charge is 0.466 e. The third-order valence-electron chi connectivity index (χ3n) is 0.766. The van der Waals surface area contributed by atoms with Gasteiger partial charge in [-0.25, -0.2) is 4.57 Å². The number of phosphoric acid groups is 1. The molecule has 0 aliphatic carbocycles. The Morgan fingerprint density at radius 1 is 1.58 bits per heavy atom. The Hall–Kier alpha value is -0.440. The molecule has 0 saturated carbocycles. The molecule has 0 radical (unpaired) electrons. The Morgan fingerprint density at radius 3 is 2.00 bits per heavy atom. The minimum absolute atomic E-state index is 0.245. The molecule has 0 fully saturated rings. The number of hydrogen-bond acceptors (Lipinski definition) is 3. The van der Waals surface area contributed by atoms with E-state index in [1.165, 1.54) is 0 Å². The van der Waals surface area contributed by atoms with Crippen molar-refractivity contribution in [3.8, 4) is 6.07 Å². The molecule has 7 heteroatoms. The minimum Gasteiger partial charge on any atom is -0.316 e. The molecular weight excluding hydrogens is 183 g/mol. The van der Waals surface area contributed by atoms with Crippen LogP contribution in [-0.4, -0.2) is 20.7 Å². The van der Waals surface area contributed by atoms with E-state index in [1.54, 1.807) is 0 Å². The second-order valence-corrected chi connectivity index (χ2v) is 3.06. The maximum absolute atomic E-state index is 8.88. The van der Waals surface area contributed by atoms with Crippen LogP contribution in [0.25, 0.3) is 0 Å². The Labute approximate surface area is 70.9 Å². The molecule has 12 heavy (non-hydrogen) atoms. The summed E-state index contributed by atoms with van der Waals surface area (Å²) in [4.78, 5) is 21.6. The normalized spacial score (nSPS) is 12.3. The molecule has 0 aromatic carbocycles. The standard InChI is InChI=1S/C5H10N2.H3O4P/c1-2-3-5(7)4-6;1-5(2,3)4/h5H,2-3,7H2,1H3;(H3,1,2,3,4). The molecule has 0 rings (SSSR count). The average molecular weight is 196 g/mol. The van der Waals surface area contributed by atoms with Gasteiger partial charge in [0.05, 0.1) is 12.1 Å². The molecular formula is C5H13N2O4P. The van der Waals surface area contributed by atoms with E-state index in [0.717, 1.165) is 12.8 Å². The van der Waals surface area contributed by atoms with E-state index in [9.17, 15) is 0 Å². The topological polar surface area (TPSA) is 128 Å². The second-order valence-electron chi connectivity index (χ2n) is 2.04. The summed E-state index contributed by atoms with van der Waals surface area (Å²) in [5, 5.41) is 8.09. The first-order valence-corrected chi connectivity index (χ1v) is 4.81. The maximum Gasteiger partial charge on any atom is 0.466 e. The van der Waals surface area contributed by atoms with Gasteiger partial charge in [-0.2, -0.15) is 5.26 Å².